The highest BCUT2D eigenvalue weighted by molar-refractivity contribution is 7.99. The van der Waals surface area contributed by atoms with Gasteiger partial charge in [0.1, 0.15) is 11.2 Å². The number of anilines is 1. The van der Waals surface area contributed by atoms with Crippen LogP contribution in [0.25, 0.3) is 16.7 Å². The average molecular weight is 421 g/mol. The first kappa shape index (κ1) is 18.6. The smallest absolute Gasteiger partial charge is 0.265 e. The van der Waals surface area contributed by atoms with Gasteiger partial charge in [-0.1, -0.05) is 30.0 Å². The lowest BCUT2D eigenvalue weighted by molar-refractivity contribution is -0.116. The molecule has 1 unspecified atom stereocenters. The van der Waals surface area contributed by atoms with Gasteiger partial charge in [-0.2, -0.15) is 5.10 Å². The fourth-order valence-corrected chi connectivity index (χ4v) is 4.63. The van der Waals surface area contributed by atoms with Gasteiger partial charge in [-0.3, -0.25) is 14.2 Å². The number of para-hydroxylation sites is 1. The van der Waals surface area contributed by atoms with Crippen molar-refractivity contribution in [1.29, 1.82) is 0 Å². The van der Waals surface area contributed by atoms with Crippen molar-refractivity contribution in [2.75, 3.05) is 11.1 Å². The van der Waals surface area contributed by atoms with Crippen LogP contribution < -0.4 is 10.9 Å². The predicted octanol–water partition coefficient (Wildman–Crippen LogP) is 3.40. The fraction of sp³-hybridized carbons (Fsp3) is 0.143. The molecule has 1 aliphatic rings. The largest absolute Gasteiger partial charge is 0.326 e. The highest BCUT2D eigenvalue weighted by Gasteiger charge is 2.29. The van der Waals surface area contributed by atoms with Gasteiger partial charge in [0.05, 0.1) is 17.9 Å². The third-order valence-electron chi connectivity index (χ3n) is 4.92. The Morgan fingerprint density at radius 1 is 1.17 bits per heavy atom. The van der Waals surface area contributed by atoms with E-state index in [1.54, 1.807) is 9.25 Å². The van der Waals surface area contributed by atoms with E-state index in [-0.39, 0.29) is 29.7 Å². The molecule has 30 heavy (non-hydrogen) atoms. The second-order valence-electron chi connectivity index (χ2n) is 6.92. The molecule has 0 radical (unpaired) electrons. The Morgan fingerprint density at radius 3 is 2.70 bits per heavy atom. The molecule has 150 valence electrons. The van der Waals surface area contributed by atoms with Crippen LogP contribution in [0.15, 0.2) is 70.7 Å². The maximum Gasteiger partial charge on any atom is 0.265 e. The number of benzene rings is 2. The van der Waals surface area contributed by atoms with Gasteiger partial charge in [-0.05, 0) is 36.4 Å². The van der Waals surface area contributed by atoms with E-state index in [4.69, 9.17) is 0 Å². The Morgan fingerprint density at radius 2 is 1.93 bits per heavy atom. The van der Waals surface area contributed by atoms with Crippen molar-refractivity contribution in [3.8, 4) is 5.69 Å². The lowest BCUT2D eigenvalue weighted by atomic mass is 10.2. The SMILES string of the molecule is O=C(CC1CSc2nc3c(cnn3-c3ccccc3)c(=O)n21)Nc1ccc(F)cc1. The summed E-state index contributed by atoms with van der Waals surface area (Å²) in [5, 5.41) is 8.06. The molecule has 0 spiro atoms. The van der Waals surface area contributed by atoms with Gasteiger partial charge < -0.3 is 5.32 Å². The van der Waals surface area contributed by atoms with Gasteiger partial charge in [0.2, 0.25) is 5.91 Å². The van der Waals surface area contributed by atoms with Crippen molar-refractivity contribution in [3.63, 3.8) is 0 Å². The fourth-order valence-electron chi connectivity index (χ4n) is 3.50. The summed E-state index contributed by atoms with van der Waals surface area (Å²) >= 11 is 1.44. The lowest BCUT2D eigenvalue weighted by Crippen LogP contribution is -2.27. The summed E-state index contributed by atoms with van der Waals surface area (Å²) in [6, 6.07) is 14.8. The zero-order chi connectivity index (χ0) is 20.7. The van der Waals surface area contributed by atoms with E-state index >= 15 is 0 Å². The van der Waals surface area contributed by atoms with E-state index in [0.29, 0.717) is 27.6 Å². The number of hydrogen-bond donors (Lipinski definition) is 1. The Kier molecular flexibility index (Phi) is 4.59. The quantitative estimate of drug-likeness (QED) is 0.511. The van der Waals surface area contributed by atoms with Gasteiger partial charge in [0.15, 0.2) is 10.8 Å². The number of amides is 1. The summed E-state index contributed by atoms with van der Waals surface area (Å²) in [5.74, 6) is -0.0383. The minimum atomic E-state index is -0.369. The Bertz CT molecular complexity index is 1300. The summed E-state index contributed by atoms with van der Waals surface area (Å²) in [6.45, 7) is 0. The molecule has 0 fully saturated rings. The monoisotopic (exact) mass is 421 g/mol. The Hall–Kier alpha value is -3.46. The number of hydrogen-bond acceptors (Lipinski definition) is 5. The summed E-state index contributed by atoms with van der Waals surface area (Å²) in [7, 11) is 0. The van der Waals surface area contributed by atoms with E-state index in [1.807, 2.05) is 30.3 Å². The molecule has 2 aromatic carbocycles. The molecule has 0 saturated heterocycles. The minimum absolute atomic E-state index is 0.122. The van der Waals surface area contributed by atoms with Gasteiger partial charge in [0.25, 0.3) is 5.56 Å². The third kappa shape index (κ3) is 3.26. The van der Waals surface area contributed by atoms with Gasteiger partial charge >= 0.3 is 0 Å². The number of thioether (sulfide) groups is 1. The van der Waals surface area contributed by atoms with Crippen molar-refractivity contribution < 1.29 is 9.18 Å². The van der Waals surface area contributed by atoms with Gasteiger partial charge in [-0.15, -0.1) is 0 Å². The Labute approximate surface area is 174 Å². The topological polar surface area (TPSA) is 81.8 Å². The molecule has 1 N–H and O–H groups in total. The summed E-state index contributed by atoms with van der Waals surface area (Å²) < 4.78 is 16.3. The number of nitrogens with zero attached hydrogens (tertiary/aromatic N) is 4. The highest BCUT2D eigenvalue weighted by Crippen LogP contribution is 2.33. The lowest BCUT2D eigenvalue weighted by Gasteiger charge is -2.13. The van der Waals surface area contributed by atoms with Crippen LogP contribution in [0, 0.1) is 5.82 Å². The van der Waals surface area contributed by atoms with Gasteiger partial charge in [-0.25, -0.2) is 14.1 Å². The number of carbonyl (C=O) groups excluding carboxylic acids is 1. The summed E-state index contributed by atoms with van der Waals surface area (Å²) in [6.07, 6.45) is 1.64. The van der Waals surface area contributed by atoms with E-state index in [1.165, 1.54) is 42.2 Å². The molecule has 1 amide bonds. The third-order valence-corrected chi connectivity index (χ3v) is 6.02. The first-order valence-corrected chi connectivity index (χ1v) is 10.3. The van der Waals surface area contributed by atoms with Crippen LogP contribution in [0.5, 0.6) is 0 Å². The van der Waals surface area contributed by atoms with Crippen LogP contribution in [-0.4, -0.2) is 31.0 Å². The molecular formula is C21H16FN5O2S. The first-order valence-electron chi connectivity index (χ1n) is 9.34. The van der Waals surface area contributed by atoms with Crippen molar-refractivity contribution in [3.05, 3.63) is 77.0 Å². The molecule has 4 aromatic rings. The van der Waals surface area contributed by atoms with Crippen LogP contribution in [0.3, 0.4) is 0 Å². The molecule has 9 heteroatoms. The molecule has 0 bridgehead atoms. The first-order chi connectivity index (χ1) is 14.6. The number of carbonyl (C=O) groups is 1. The van der Waals surface area contributed by atoms with Gasteiger partial charge in [0, 0.05) is 17.9 Å². The van der Waals surface area contributed by atoms with E-state index in [0.717, 1.165) is 5.69 Å². The van der Waals surface area contributed by atoms with Crippen LogP contribution in [0.2, 0.25) is 0 Å². The maximum atomic E-state index is 13.1. The molecule has 3 heterocycles. The van der Waals surface area contributed by atoms with E-state index in [9.17, 15) is 14.0 Å². The molecule has 2 aromatic heterocycles. The summed E-state index contributed by atoms with van der Waals surface area (Å²) in [4.78, 5) is 30.3. The maximum absolute atomic E-state index is 13.1. The number of fused-ring (bicyclic) bond motifs is 2. The molecule has 1 aliphatic heterocycles. The predicted molar refractivity (Wildman–Crippen MR) is 113 cm³/mol. The molecule has 0 aliphatic carbocycles. The molecule has 5 rings (SSSR count). The highest BCUT2D eigenvalue weighted by atomic mass is 32.2. The van der Waals surface area contributed by atoms with Crippen molar-refractivity contribution in [1.82, 2.24) is 19.3 Å². The molecule has 0 saturated carbocycles. The normalized spacial score (nSPS) is 15.3. The molecule has 1 atom stereocenters. The second kappa shape index (κ2) is 7.42. The number of halogens is 1. The zero-order valence-corrected chi connectivity index (χ0v) is 16.5. The second-order valence-corrected chi connectivity index (χ2v) is 7.91. The number of nitrogens with one attached hydrogen (secondary N) is 1. The van der Waals surface area contributed by atoms with Crippen molar-refractivity contribution >= 4 is 34.4 Å². The summed E-state index contributed by atoms with van der Waals surface area (Å²) in [5.41, 5.74) is 1.63. The van der Waals surface area contributed by atoms with Crippen LogP contribution in [0.4, 0.5) is 10.1 Å². The van der Waals surface area contributed by atoms with Crippen molar-refractivity contribution in [2.24, 2.45) is 0 Å². The van der Waals surface area contributed by atoms with Crippen molar-refractivity contribution in [2.45, 2.75) is 17.6 Å². The average Bonchev–Trinajstić information content (AvgIpc) is 3.35. The number of aromatic nitrogens is 4. The van der Waals surface area contributed by atoms with E-state index < -0.39 is 0 Å². The molecule has 7 nitrogen and oxygen atoms in total. The zero-order valence-electron chi connectivity index (χ0n) is 15.7. The Balaban J connectivity index is 1.44. The molecular weight excluding hydrogens is 405 g/mol. The van der Waals surface area contributed by atoms with Crippen LogP contribution >= 0.6 is 11.8 Å². The van der Waals surface area contributed by atoms with Crippen LogP contribution in [0.1, 0.15) is 12.5 Å². The van der Waals surface area contributed by atoms with Crippen LogP contribution in [-0.2, 0) is 4.79 Å². The minimum Gasteiger partial charge on any atom is -0.326 e. The standard InChI is InChI=1S/C21H16FN5O2S/c22-13-6-8-14(9-7-13)24-18(28)10-16-12-30-21-25-19-17(20(29)26(16)21)11-23-27(19)15-4-2-1-3-5-15/h1-9,11,16H,10,12H2,(H,24,28). The number of rotatable bonds is 4. The van der Waals surface area contributed by atoms with E-state index in [2.05, 4.69) is 15.4 Å².